The van der Waals surface area contributed by atoms with E-state index in [1.165, 1.54) is 18.6 Å². The lowest BCUT2D eigenvalue weighted by Gasteiger charge is -2.25. The first kappa shape index (κ1) is 9.06. The van der Waals surface area contributed by atoms with Crippen molar-refractivity contribution >= 4 is 0 Å². The van der Waals surface area contributed by atoms with Crippen LogP contribution in [0.25, 0.3) is 0 Å². The number of rotatable bonds is 2. The van der Waals surface area contributed by atoms with Crippen LogP contribution in [0.15, 0.2) is 29.1 Å². The molecule has 74 valence electrons. The van der Waals surface area contributed by atoms with E-state index in [0.29, 0.717) is 5.75 Å². The third-order valence-corrected chi connectivity index (χ3v) is 2.39. The van der Waals surface area contributed by atoms with Crippen molar-refractivity contribution in [2.24, 2.45) is 0 Å². The third kappa shape index (κ3) is 1.87. The molecule has 0 unspecified atom stereocenters. The van der Waals surface area contributed by atoms with Gasteiger partial charge in [-0.3, -0.25) is 4.79 Å². The zero-order chi connectivity index (χ0) is 9.97. The van der Waals surface area contributed by atoms with E-state index < -0.39 is 0 Å². The molecular formula is C11H12O3. The van der Waals surface area contributed by atoms with Gasteiger partial charge in [0.1, 0.15) is 5.75 Å². The number of aromatic hydroxyl groups is 1. The molecular weight excluding hydrogens is 180 g/mol. The van der Waals surface area contributed by atoms with Crippen LogP contribution in [-0.2, 0) is 0 Å². The normalized spacial score (nSPS) is 16.0. The van der Waals surface area contributed by atoms with Gasteiger partial charge >= 0.3 is 0 Å². The summed E-state index contributed by atoms with van der Waals surface area (Å²) in [6.45, 7) is 0. The van der Waals surface area contributed by atoms with Gasteiger partial charge < -0.3 is 9.84 Å². The number of hydrogen-bond donors (Lipinski definition) is 1. The third-order valence-electron chi connectivity index (χ3n) is 2.39. The Morgan fingerprint density at radius 3 is 2.79 bits per heavy atom. The first-order chi connectivity index (χ1) is 6.75. The van der Waals surface area contributed by atoms with Crippen LogP contribution in [0.2, 0.25) is 0 Å². The van der Waals surface area contributed by atoms with E-state index in [9.17, 15) is 9.90 Å². The Hall–Kier alpha value is -1.51. The Bertz CT molecular complexity index is 383. The molecule has 0 spiro atoms. The van der Waals surface area contributed by atoms with Gasteiger partial charge in [0.25, 0.3) is 0 Å². The highest BCUT2D eigenvalue weighted by atomic mass is 16.5. The van der Waals surface area contributed by atoms with Gasteiger partial charge in [-0.25, -0.2) is 0 Å². The van der Waals surface area contributed by atoms with Crippen molar-refractivity contribution in [2.75, 3.05) is 0 Å². The fourth-order valence-electron chi connectivity index (χ4n) is 1.32. The molecule has 1 fully saturated rings. The summed E-state index contributed by atoms with van der Waals surface area (Å²) in [6, 6.07) is 5.99. The maximum Gasteiger partial charge on any atom is 0.220 e. The fraction of sp³-hybridized carbons (Fsp3) is 0.364. The minimum absolute atomic E-state index is 0.256. The van der Waals surface area contributed by atoms with E-state index >= 15 is 0 Å². The molecule has 14 heavy (non-hydrogen) atoms. The summed E-state index contributed by atoms with van der Waals surface area (Å²) < 4.78 is 5.55. The van der Waals surface area contributed by atoms with Crippen LogP contribution < -0.4 is 10.2 Å². The van der Waals surface area contributed by atoms with E-state index in [1.54, 1.807) is 12.1 Å². The molecule has 1 aromatic rings. The standard InChI is InChI=1S/C11H12O3/c12-10-6-2-5-9(7-11(10)13)14-8-3-1-4-8/h2,5-8H,1,3-4H2,(H,12,13). The Morgan fingerprint density at radius 1 is 1.36 bits per heavy atom. The molecule has 0 aliphatic heterocycles. The van der Waals surface area contributed by atoms with Gasteiger partial charge in [0.15, 0.2) is 5.75 Å². The van der Waals surface area contributed by atoms with Gasteiger partial charge in [0.2, 0.25) is 5.43 Å². The Morgan fingerprint density at radius 2 is 2.14 bits per heavy atom. The van der Waals surface area contributed by atoms with Gasteiger partial charge in [-0.2, -0.15) is 0 Å². The van der Waals surface area contributed by atoms with Crippen molar-refractivity contribution in [1.29, 1.82) is 0 Å². The van der Waals surface area contributed by atoms with E-state index in [4.69, 9.17) is 4.74 Å². The molecule has 0 amide bonds. The Balaban J connectivity index is 2.21. The molecule has 3 nitrogen and oxygen atoms in total. The van der Waals surface area contributed by atoms with Gasteiger partial charge in [-0.05, 0) is 31.4 Å². The SMILES string of the molecule is O=c1cccc(OC2CCC2)cc1O. The summed E-state index contributed by atoms with van der Waals surface area (Å²) in [5, 5.41) is 9.27. The van der Waals surface area contributed by atoms with Gasteiger partial charge in [0, 0.05) is 6.07 Å². The average Bonchev–Trinajstić information content (AvgIpc) is 2.23. The van der Waals surface area contributed by atoms with Crippen molar-refractivity contribution in [3.63, 3.8) is 0 Å². The minimum atomic E-state index is -0.381. The van der Waals surface area contributed by atoms with Crippen molar-refractivity contribution in [1.82, 2.24) is 0 Å². The van der Waals surface area contributed by atoms with Gasteiger partial charge in [-0.15, -0.1) is 0 Å². The van der Waals surface area contributed by atoms with E-state index in [2.05, 4.69) is 0 Å². The molecule has 0 radical (unpaired) electrons. The summed E-state index contributed by atoms with van der Waals surface area (Å²) in [5.74, 6) is 0.304. The highest BCUT2D eigenvalue weighted by Crippen LogP contribution is 2.25. The van der Waals surface area contributed by atoms with E-state index in [1.807, 2.05) is 0 Å². The molecule has 1 aromatic carbocycles. The second-order valence-electron chi connectivity index (χ2n) is 3.49. The maximum absolute atomic E-state index is 11.0. The first-order valence-corrected chi connectivity index (χ1v) is 4.76. The largest absolute Gasteiger partial charge is 0.504 e. The summed E-state index contributed by atoms with van der Waals surface area (Å²) in [7, 11) is 0. The predicted octanol–water partition coefficient (Wildman–Crippen LogP) is 1.68. The quantitative estimate of drug-likeness (QED) is 0.775. The molecule has 0 bridgehead atoms. The second kappa shape index (κ2) is 3.70. The van der Waals surface area contributed by atoms with Crippen LogP contribution >= 0.6 is 0 Å². The molecule has 1 saturated carbocycles. The lowest BCUT2D eigenvalue weighted by molar-refractivity contribution is 0.120. The van der Waals surface area contributed by atoms with Crippen molar-refractivity contribution in [3.05, 3.63) is 34.5 Å². The molecule has 3 heteroatoms. The molecule has 1 aliphatic carbocycles. The summed E-state index contributed by atoms with van der Waals surface area (Å²) in [6.07, 6.45) is 3.57. The molecule has 1 N–H and O–H groups in total. The molecule has 0 aromatic heterocycles. The minimum Gasteiger partial charge on any atom is -0.504 e. The molecule has 0 heterocycles. The lowest BCUT2D eigenvalue weighted by atomic mass is 9.96. The zero-order valence-corrected chi connectivity index (χ0v) is 7.77. The Labute approximate surface area is 82.0 Å². The van der Waals surface area contributed by atoms with E-state index in [-0.39, 0.29) is 17.3 Å². The van der Waals surface area contributed by atoms with Crippen molar-refractivity contribution < 1.29 is 9.84 Å². The zero-order valence-electron chi connectivity index (χ0n) is 7.77. The highest BCUT2D eigenvalue weighted by molar-refractivity contribution is 5.30. The van der Waals surface area contributed by atoms with Crippen LogP contribution in [0, 0.1) is 0 Å². The van der Waals surface area contributed by atoms with Crippen LogP contribution in [-0.4, -0.2) is 11.2 Å². The average molecular weight is 192 g/mol. The lowest BCUT2D eigenvalue weighted by Crippen LogP contribution is -2.24. The summed E-state index contributed by atoms with van der Waals surface area (Å²) >= 11 is 0. The van der Waals surface area contributed by atoms with Crippen LogP contribution in [0.4, 0.5) is 0 Å². The second-order valence-corrected chi connectivity index (χ2v) is 3.49. The predicted molar refractivity (Wildman–Crippen MR) is 52.6 cm³/mol. The number of hydrogen-bond acceptors (Lipinski definition) is 3. The Kier molecular flexibility index (Phi) is 2.39. The van der Waals surface area contributed by atoms with E-state index in [0.717, 1.165) is 12.8 Å². The topological polar surface area (TPSA) is 46.5 Å². The maximum atomic E-state index is 11.0. The molecule has 1 aliphatic rings. The molecule has 0 saturated heterocycles. The van der Waals surface area contributed by atoms with Gasteiger partial charge in [0.05, 0.1) is 6.10 Å². The van der Waals surface area contributed by atoms with Gasteiger partial charge in [-0.1, -0.05) is 6.07 Å². The smallest absolute Gasteiger partial charge is 0.220 e. The summed E-state index contributed by atoms with van der Waals surface area (Å²) in [4.78, 5) is 11.0. The monoisotopic (exact) mass is 192 g/mol. The first-order valence-electron chi connectivity index (χ1n) is 4.76. The number of ether oxygens (including phenoxy) is 1. The van der Waals surface area contributed by atoms with Crippen molar-refractivity contribution in [2.45, 2.75) is 25.4 Å². The van der Waals surface area contributed by atoms with Crippen LogP contribution in [0.3, 0.4) is 0 Å². The fourth-order valence-corrected chi connectivity index (χ4v) is 1.32. The van der Waals surface area contributed by atoms with Crippen LogP contribution in [0.1, 0.15) is 19.3 Å². The summed E-state index contributed by atoms with van der Waals surface area (Å²) in [5.41, 5.74) is -0.381. The highest BCUT2D eigenvalue weighted by Gasteiger charge is 2.18. The van der Waals surface area contributed by atoms with Crippen molar-refractivity contribution in [3.8, 4) is 11.5 Å². The molecule has 0 atom stereocenters. The van der Waals surface area contributed by atoms with Crippen LogP contribution in [0.5, 0.6) is 11.5 Å². The molecule has 2 rings (SSSR count).